The first-order valence-corrected chi connectivity index (χ1v) is 7.36. The zero-order chi connectivity index (χ0) is 16.8. The fraction of sp³-hybridized carbons (Fsp3) is 0.467. The minimum atomic E-state index is -0.947. The number of nitrogens with one attached hydrogen (secondary N) is 2. The highest BCUT2D eigenvalue weighted by Crippen LogP contribution is 2.27. The number of carbonyl (C=O) groups excluding carboxylic acids is 2. The summed E-state index contributed by atoms with van der Waals surface area (Å²) in [7, 11) is 0. The van der Waals surface area contributed by atoms with Crippen LogP contribution in [0, 0.1) is 5.82 Å². The lowest BCUT2D eigenvalue weighted by Gasteiger charge is -2.18. The Kier molecular flexibility index (Phi) is 5.75. The Hall–Kier alpha value is -2.35. The Bertz CT molecular complexity index is 576. The van der Waals surface area contributed by atoms with Crippen molar-refractivity contribution in [3.05, 3.63) is 24.0 Å². The average molecular weight is 325 g/mol. The van der Waals surface area contributed by atoms with E-state index in [9.17, 15) is 14.0 Å². The number of ether oxygens (including phenoxy) is 2. The second-order valence-corrected chi connectivity index (χ2v) is 5.31. The van der Waals surface area contributed by atoms with Crippen LogP contribution in [0.5, 0.6) is 5.75 Å². The summed E-state index contributed by atoms with van der Waals surface area (Å²) in [5, 5.41) is 4.76. The molecule has 1 aromatic rings. The number of urea groups is 1. The molecular formula is C15H20FN3O4. The van der Waals surface area contributed by atoms with E-state index in [0.717, 1.165) is 12.8 Å². The van der Waals surface area contributed by atoms with Gasteiger partial charge in [-0.25, -0.2) is 9.18 Å². The fourth-order valence-electron chi connectivity index (χ4n) is 2.23. The summed E-state index contributed by atoms with van der Waals surface area (Å²) < 4.78 is 24.6. The number of benzene rings is 1. The second-order valence-electron chi connectivity index (χ2n) is 5.31. The van der Waals surface area contributed by atoms with Gasteiger partial charge in [0.15, 0.2) is 0 Å². The van der Waals surface area contributed by atoms with Gasteiger partial charge in [-0.3, -0.25) is 10.1 Å². The predicted octanol–water partition coefficient (Wildman–Crippen LogP) is 1.38. The number of halogens is 1. The Morgan fingerprint density at radius 3 is 2.96 bits per heavy atom. The van der Waals surface area contributed by atoms with E-state index in [2.05, 4.69) is 5.32 Å². The van der Waals surface area contributed by atoms with E-state index in [1.165, 1.54) is 25.1 Å². The Morgan fingerprint density at radius 1 is 1.52 bits per heavy atom. The van der Waals surface area contributed by atoms with E-state index in [1.807, 2.05) is 5.32 Å². The molecule has 0 aliphatic carbocycles. The van der Waals surface area contributed by atoms with Crippen molar-refractivity contribution < 1.29 is 23.5 Å². The molecule has 2 rings (SSSR count). The van der Waals surface area contributed by atoms with E-state index in [-0.39, 0.29) is 6.10 Å². The van der Waals surface area contributed by atoms with Gasteiger partial charge in [-0.1, -0.05) is 0 Å². The molecule has 1 aromatic carbocycles. The van der Waals surface area contributed by atoms with E-state index in [0.29, 0.717) is 24.7 Å². The van der Waals surface area contributed by atoms with E-state index in [4.69, 9.17) is 15.2 Å². The third-order valence-corrected chi connectivity index (χ3v) is 3.40. The first-order chi connectivity index (χ1) is 11.0. The zero-order valence-electron chi connectivity index (χ0n) is 12.8. The molecule has 3 amide bonds. The quantitative estimate of drug-likeness (QED) is 0.733. The summed E-state index contributed by atoms with van der Waals surface area (Å²) in [4.78, 5) is 22.4. The van der Waals surface area contributed by atoms with Crippen molar-refractivity contribution in [1.29, 1.82) is 0 Å². The standard InChI is InChI=1S/C15H20FN3O4/c1-9(14(20)19-15(17)21)18-12-7-10(16)4-5-13(12)23-8-11-3-2-6-22-11/h4-5,7,9,11,18H,2-3,6,8H2,1H3,(H3,17,19,20,21)/t9-,11+/m0/s1. The van der Waals surface area contributed by atoms with Gasteiger partial charge in [0.1, 0.15) is 24.2 Å². The van der Waals surface area contributed by atoms with E-state index in [1.54, 1.807) is 0 Å². The molecule has 2 atom stereocenters. The van der Waals surface area contributed by atoms with Crippen LogP contribution in [0.25, 0.3) is 0 Å². The van der Waals surface area contributed by atoms with Gasteiger partial charge in [0.05, 0.1) is 11.8 Å². The average Bonchev–Trinajstić information content (AvgIpc) is 2.99. The van der Waals surface area contributed by atoms with Crippen LogP contribution in [-0.2, 0) is 9.53 Å². The third kappa shape index (κ3) is 5.10. The van der Waals surface area contributed by atoms with Crippen molar-refractivity contribution in [3.8, 4) is 5.75 Å². The smallest absolute Gasteiger partial charge is 0.318 e. The largest absolute Gasteiger partial charge is 0.489 e. The number of nitrogens with two attached hydrogens (primary N) is 1. The summed E-state index contributed by atoms with van der Waals surface area (Å²) in [5.74, 6) is -0.688. The Balaban J connectivity index is 2.02. The highest BCUT2D eigenvalue weighted by atomic mass is 19.1. The summed E-state index contributed by atoms with van der Waals surface area (Å²) in [5.41, 5.74) is 5.21. The van der Waals surface area contributed by atoms with Crippen molar-refractivity contribution in [3.63, 3.8) is 0 Å². The summed E-state index contributed by atoms with van der Waals surface area (Å²) in [6.45, 7) is 2.59. The van der Waals surface area contributed by atoms with Crippen LogP contribution in [-0.4, -0.2) is 37.3 Å². The number of hydrogen-bond donors (Lipinski definition) is 3. The van der Waals surface area contributed by atoms with Crippen LogP contribution in [0.3, 0.4) is 0 Å². The minimum Gasteiger partial charge on any atom is -0.489 e. The van der Waals surface area contributed by atoms with Crippen molar-refractivity contribution in [1.82, 2.24) is 5.32 Å². The summed E-state index contributed by atoms with van der Waals surface area (Å²) in [6, 6.07) is 2.22. The van der Waals surface area contributed by atoms with Crippen LogP contribution < -0.4 is 21.1 Å². The van der Waals surface area contributed by atoms with Crippen molar-refractivity contribution in [2.24, 2.45) is 5.73 Å². The third-order valence-electron chi connectivity index (χ3n) is 3.40. The first-order valence-electron chi connectivity index (χ1n) is 7.36. The normalized spacial score (nSPS) is 18.3. The zero-order valence-corrected chi connectivity index (χ0v) is 12.8. The molecule has 7 nitrogen and oxygen atoms in total. The number of imide groups is 1. The highest BCUT2D eigenvalue weighted by Gasteiger charge is 2.19. The van der Waals surface area contributed by atoms with Crippen LogP contribution in [0.15, 0.2) is 18.2 Å². The predicted molar refractivity (Wildman–Crippen MR) is 81.7 cm³/mol. The lowest BCUT2D eigenvalue weighted by Crippen LogP contribution is -2.43. The van der Waals surface area contributed by atoms with Gasteiger partial charge in [0.25, 0.3) is 0 Å². The highest BCUT2D eigenvalue weighted by molar-refractivity contribution is 5.97. The molecule has 126 valence electrons. The Labute approximate surface area is 133 Å². The topological polar surface area (TPSA) is 103 Å². The number of amides is 3. The molecule has 0 spiro atoms. The number of hydrogen-bond acceptors (Lipinski definition) is 5. The van der Waals surface area contributed by atoms with Crippen molar-refractivity contribution in [2.45, 2.75) is 31.9 Å². The molecule has 23 heavy (non-hydrogen) atoms. The number of carbonyl (C=O) groups is 2. The lowest BCUT2D eigenvalue weighted by molar-refractivity contribution is -0.120. The number of rotatable bonds is 6. The summed E-state index contributed by atoms with van der Waals surface area (Å²) >= 11 is 0. The molecule has 0 radical (unpaired) electrons. The molecule has 1 saturated heterocycles. The molecule has 1 aliphatic heterocycles. The second kappa shape index (κ2) is 7.77. The number of anilines is 1. The van der Waals surface area contributed by atoms with Crippen LogP contribution in [0.4, 0.5) is 14.9 Å². The molecule has 0 aromatic heterocycles. The lowest BCUT2D eigenvalue weighted by atomic mass is 10.2. The molecule has 1 heterocycles. The van der Waals surface area contributed by atoms with Crippen LogP contribution in [0.2, 0.25) is 0 Å². The monoisotopic (exact) mass is 325 g/mol. The van der Waals surface area contributed by atoms with Gasteiger partial charge >= 0.3 is 6.03 Å². The van der Waals surface area contributed by atoms with Gasteiger partial charge in [-0.05, 0) is 31.9 Å². The van der Waals surface area contributed by atoms with Gasteiger partial charge in [-0.15, -0.1) is 0 Å². The fourth-order valence-corrected chi connectivity index (χ4v) is 2.23. The maximum absolute atomic E-state index is 13.5. The van der Waals surface area contributed by atoms with Gasteiger partial charge in [-0.2, -0.15) is 0 Å². The molecule has 4 N–H and O–H groups in total. The molecule has 1 fully saturated rings. The number of primary amides is 1. The van der Waals surface area contributed by atoms with Crippen LogP contribution >= 0.6 is 0 Å². The maximum atomic E-state index is 13.5. The molecular weight excluding hydrogens is 305 g/mol. The van der Waals surface area contributed by atoms with E-state index < -0.39 is 23.8 Å². The van der Waals surface area contributed by atoms with Gasteiger partial charge in [0.2, 0.25) is 5.91 Å². The van der Waals surface area contributed by atoms with E-state index >= 15 is 0 Å². The molecule has 0 saturated carbocycles. The SMILES string of the molecule is C[C@H](Nc1cc(F)ccc1OC[C@H]1CCCO1)C(=O)NC(N)=O. The Morgan fingerprint density at radius 2 is 2.30 bits per heavy atom. The van der Waals surface area contributed by atoms with Gasteiger partial charge in [0, 0.05) is 12.7 Å². The minimum absolute atomic E-state index is 0.0171. The van der Waals surface area contributed by atoms with Gasteiger partial charge < -0.3 is 20.5 Å². The molecule has 0 bridgehead atoms. The molecule has 8 heteroatoms. The van der Waals surface area contributed by atoms with Crippen LogP contribution in [0.1, 0.15) is 19.8 Å². The molecule has 1 aliphatic rings. The maximum Gasteiger partial charge on any atom is 0.318 e. The van der Waals surface area contributed by atoms with Crippen molar-refractivity contribution in [2.75, 3.05) is 18.5 Å². The first kappa shape index (κ1) is 17.0. The molecule has 0 unspecified atom stereocenters. The summed E-state index contributed by atoms with van der Waals surface area (Å²) in [6.07, 6.45) is 1.93. The van der Waals surface area contributed by atoms with Crippen molar-refractivity contribution >= 4 is 17.6 Å².